The zero-order chi connectivity index (χ0) is 21.2. The van der Waals surface area contributed by atoms with Crippen LogP contribution in [0.25, 0.3) is 0 Å². The van der Waals surface area contributed by atoms with E-state index in [4.69, 9.17) is 4.74 Å². The average Bonchev–Trinajstić information content (AvgIpc) is 2.73. The molecule has 0 bridgehead atoms. The summed E-state index contributed by atoms with van der Waals surface area (Å²) in [5.74, 6) is 0.923. The van der Waals surface area contributed by atoms with Crippen LogP contribution >= 0.6 is 11.8 Å². The van der Waals surface area contributed by atoms with Crippen molar-refractivity contribution in [1.29, 1.82) is 0 Å². The Morgan fingerprint density at radius 3 is 2.55 bits per heavy atom. The van der Waals surface area contributed by atoms with Gasteiger partial charge >= 0.3 is 0 Å². The third-order valence-electron chi connectivity index (χ3n) is 4.41. The number of likely N-dealkylation sites (N-methyl/N-ethyl adjacent to an activating group) is 1. The van der Waals surface area contributed by atoms with Crippen molar-refractivity contribution in [3.8, 4) is 5.75 Å². The van der Waals surface area contributed by atoms with Gasteiger partial charge in [0.05, 0.1) is 12.9 Å². The molecule has 0 aliphatic heterocycles. The number of hydrogen-bond acceptors (Lipinski definition) is 4. The number of methoxy groups -OCH3 is 1. The molecule has 2 rings (SSSR count). The lowest BCUT2D eigenvalue weighted by Crippen LogP contribution is -2.48. The number of amides is 2. The Hall–Kier alpha value is -2.54. The van der Waals surface area contributed by atoms with E-state index in [2.05, 4.69) is 5.32 Å². The van der Waals surface area contributed by atoms with Gasteiger partial charge in [-0.1, -0.05) is 24.3 Å². The fourth-order valence-electron chi connectivity index (χ4n) is 2.79. The van der Waals surface area contributed by atoms with Crippen molar-refractivity contribution in [2.24, 2.45) is 0 Å². The van der Waals surface area contributed by atoms with Crippen LogP contribution in [0, 0.1) is 5.82 Å². The SMILES string of the molecule is CCNC(=O)C(C)N(Cc1cccc(OC)c1)C(=O)CSCc1ccc(F)cc1. The van der Waals surface area contributed by atoms with Gasteiger partial charge in [-0.25, -0.2) is 4.39 Å². The summed E-state index contributed by atoms with van der Waals surface area (Å²) in [4.78, 5) is 26.9. The van der Waals surface area contributed by atoms with Gasteiger partial charge in [0, 0.05) is 18.8 Å². The standard InChI is InChI=1S/C22H27FN2O3S/c1-4-24-22(27)16(2)25(13-18-6-5-7-20(12-18)28-3)21(26)15-29-14-17-8-10-19(23)11-9-17/h5-12,16H,4,13-15H2,1-3H3,(H,24,27). The molecule has 7 heteroatoms. The van der Waals surface area contributed by atoms with E-state index < -0.39 is 6.04 Å². The molecule has 2 amide bonds. The van der Waals surface area contributed by atoms with Gasteiger partial charge in [0.1, 0.15) is 17.6 Å². The number of nitrogens with one attached hydrogen (secondary N) is 1. The summed E-state index contributed by atoms with van der Waals surface area (Å²) in [6.45, 7) is 4.39. The summed E-state index contributed by atoms with van der Waals surface area (Å²) < 4.78 is 18.3. The molecule has 0 saturated carbocycles. The van der Waals surface area contributed by atoms with Gasteiger partial charge in [-0.15, -0.1) is 11.8 Å². The Bertz CT molecular complexity index is 814. The summed E-state index contributed by atoms with van der Waals surface area (Å²) in [6.07, 6.45) is 0. The summed E-state index contributed by atoms with van der Waals surface area (Å²) in [5.41, 5.74) is 1.83. The molecule has 0 aliphatic carbocycles. The Morgan fingerprint density at radius 1 is 1.17 bits per heavy atom. The number of rotatable bonds is 10. The monoisotopic (exact) mass is 418 g/mol. The van der Waals surface area contributed by atoms with E-state index in [9.17, 15) is 14.0 Å². The van der Waals surface area contributed by atoms with E-state index in [-0.39, 0.29) is 23.4 Å². The van der Waals surface area contributed by atoms with Crippen molar-refractivity contribution < 1.29 is 18.7 Å². The summed E-state index contributed by atoms with van der Waals surface area (Å²) >= 11 is 1.44. The molecule has 2 aromatic rings. The third kappa shape index (κ3) is 7.09. The van der Waals surface area contributed by atoms with Crippen LogP contribution in [-0.4, -0.2) is 42.2 Å². The second-order valence-corrected chi connectivity index (χ2v) is 7.55. The minimum absolute atomic E-state index is 0.126. The van der Waals surface area contributed by atoms with Gasteiger partial charge in [0.25, 0.3) is 0 Å². The van der Waals surface area contributed by atoms with Gasteiger partial charge in [-0.2, -0.15) is 0 Å². The first-order valence-electron chi connectivity index (χ1n) is 9.47. The summed E-state index contributed by atoms with van der Waals surface area (Å²) in [7, 11) is 1.59. The van der Waals surface area contributed by atoms with Crippen LogP contribution in [-0.2, 0) is 21.9 Å². The van der Waals surface area contributed by atoms with Crippen molar-refractivity contribution in [2.75, 3.05) is 19.4 Å². The smallest absolute Gasteiger partial charge is 0.242 e. The van der Waals surface area contributed by atoms with Crippen molar-refractivity contribution in [2.45, 2.75) is 32.2 Å². The second-order valence-electron chi connectivity index (χ2n) is 6.56. The number of carbonyl (C=O) groups is 2. The first kappa shape index (κ1) is 22.7. The molecule has 156 valence electrons. The van der Waals surface area contributed by atoms with Gasteiger partial charge < -0.3 is 15.0 Å². The van der Waals surface area contributed by atoms with Crippen molar-refractivity contribution >= 4 is 23.6 Å². The van der Waals surface area contributed by atoms with Gasteiger partial charge in [0.2, 0.25) is 11.8 Å². The highest BCUT2D eigenvalue weighted by molar-refractivity contribution is 7.99. The maximum Gasteiger partial charge on any atom is 0.242 e. The molecule has 0 spiro atoms. The molecule has 0 fully saturated rings. The minimum atomic E-state index is -0.597. The van der Waals surface area contributed by atoms with E-state index in [1.165, 1.54) is 23.9 Å². The van der Waals surface area contributed by atoms with Crippen LogP contribution in [0.5, 0.6) is 5.75 Å². The average molecular weight is 419 g/mol. The van der Waals surface area contributed by atoms with Gasteiger partial charge in [0.15, 0.2) is 0 Å². The zero-order valence-corrected chi connectivity index (χ0v) is 17.8. The molecular weight excluding hydrogens is 391 g/mol. The number of halogens is 1. The Kier molecular flexibility index (Phi) is 8.99. The van der Waals surface area contributed by atoms with Gasteiger partial charge in [-0.05, 0) is 49.2 Å². The molecule has 0 aromatic heterocycles. The van der Waals surface area contributed by atoms with Gasteiger partial charge in [-0.3, -0.25) is 9.59 Å². The van der Waals surface area contributed by atoms with Crippen molar-refractivity contribution in [3.05, 3.63) is 65.5 Å². The maximum atomic E-state index is 13.0. The maximum absolute atomic E-state index is 13.0. The molecule has 5 nitrogen and oxygen atoms in total. The lowest BCUT2D eigenvalue weighted by Gasteiger charge is -2.28. The second kappa shape index (κ2) is 11.5. The van der Waals surface area contributed by atoms with Crippen molar-refractivity contribution in [1.82, 2.24) is 10.2 Å². The summed E-state index contributed by atoms with van der Waals surface area (Å²) in [5, 5.41) is 2.78. The molecular formula is C22H27FN2O3S. The molecule has 0 radical (unpaired) electrons. The Labute approximate surface area is 175 Å². The van der Waals surface area contributed by atoms with Crippen LogP contribution in [0.2, 0.25) is 0 Å². The number of thioether (sulfide) groups is 1. The summed E-state index contributed by atoms with van der Waals surface area (Å²) in [6, 6.07) is 13.1. The first-order valence-corrected chi connectivity index (χ1v) is 10.6. The van der Waals surface area contributed by atoms with Crippen LogP contribution in [0.3, 0.4) is 0 Å². The van der Waals surface area contributed by atoms with E-state index in [1.54, 1.807) is 31.1 Å². The molecule has 0 aliphatic rings. The first-order chi connectivity index (χ1) is 13.9. The predicted octanol–water partition coefficient (Wildman–Crippen LogP) is 3.62. The highest BCUT2D eigenvalue weighted by Crippen LogP contribution is 2.18. The number of nitrogens with zero attached hydrogens (tertiary/aromatic N) is 1. The molecule has 1 unspecified atom stereocenters. The van der Waals surface area contributed by atoms with Crippen LogP contribution in [0.4, 0.5) is 4.39 Å². The van der Waals surface area contributed by atoms with Crippen LogP contribution in [0.15, 0.2) is 48.5 Å². The highest BCUT2D eigenvalue weighted by atomic mass is 32.2. The number of hydrogen-bond donors (Lipinski definition) is 1. The fourth-order valence-corrected chi connectivity index (χ4v) is 3.66. The molecule has 1 N–H and O–H groups in total. The number of ether oxygens (including phenoxy) is 1. The Balaban J connectivity index is 2.06. The molecule has 1 atom stereocenters. The third-order valence-corrected chi connectivity index (χ3v) is 5.40. The largest absolute Gasteiger partial charge is 0.497 e. The predicted molar refractivity (Wildman–Crippen MR) is 114 cm³/mol. The van der Waals surface area contributed by atoms with Crippen molar-refractivity contribution in [3.63, 3.8) is 0 Å². The van der Waals surface area contributed by atoms with Crippen LogP contribution in [0.1, 0.15) is 25.0 Å². The lowest BCUT2D eigenvalue weighted by molar-refractivity contribution is -0.138. The lowest BCUT2D eigenvalue weighted by atomic mass is 10.1. The Morgan fingerprint density at radius 2 is 1.90 bits per heavy atom. The van der Waals surface area contributed by atoms with E-state index in [0.717, 1.165) is 11.1 Å². The van der Waals surface area contributed by atoms with Crippen LogP contribution < -0.4 is 10.1 Å². The molecule has 29 heavy (non-hydrogen) atoms. The normalized spacial score (nSPS) is 11.6. The fraction of sp³-hybridized carbons (Fsp3) is 0.364. The topological polar surface area (TPSA) is 58.6 Å². The van der Waals surface area contributed by atoms with E-state index in [1.807, 2.05) is 31.2 Å². The number of carbonyl (C=O) groups excluding carboxylic acids is 2. The molecule has 2 aromatic carbocycles. The van der Waals surface area contributed by atoms with E-state index in [0.29, 0.717) is 24.6 Å². The van der Waals surface area contributed by atoms with E-state index >= 15 is 0 Å². The number of benzene rings is 2. The minimum Gasteiger partial charge on any atom is -0.497 e. The molecule has 0 heterocycles. The highest BCUT2D eigenvalue weighted by Gasteiger charge is 2.25. The molecule has 0 saturated heterocycles. The zero-order valence-electron chi connectivity index (χ0n) is 17.0. The quantitative estimate of drug-likeness (QED) is 0.640.